The molecule has 2 unspecified atom stereocenters. The molecular weight excluding hydrogens is 1580 g/mol. The number of furan rings is 5. The molecule has 662 valence electrons. The Labute approximate surface area is 668 Å². The summed E-state index contributed by atoms with van der Waals surface area (Å²) in [5.41, 5.74) is -3.32. The van der Waals surface area contributed by atoms with Crippen LogP contribution in [0.15, 0.2) is 82.7 Å². The van der Waals surface area contributed by atoms with Crippen LogP contribution in [0.3, 0.4) is 0 Å². The lowest BCUT2D eigenvalue weighted by Gasteiger charge is -2.28. The van der Waals surface area contributed by atoms with Gasteiger partial charge in [-0.15, -0.1) is 0 Å². The molecule has 47 heteroatoms. The van der Waals surface area contributed by atoms with Crippen molar-refractivity contribution in [3.05, 3.63) is 118 Å². The zero-order chi connectivity index (χ0) is 88.1. The van der Waals surface area contributed by atoms with Gasteiger partial charge in [0.2, 0.25) is 23.0 Å². The highest BCUT2D eigenvalue weighted by Gasteiger charge is 2.35. The molecule has 117 heavy (non-hydrogen) atoms. The Morgan fingerprint density at radius 1 is 0.308 bits per heavy atom. The number of ether oxygens (including phenoxy) is 4. The zero-order valence-electron chi connectivity index (χ0n) is 64.4. The lowest BCUT2D eigenvalue weighted by molar-refractivity contribution is 0.00451. The first-order valence-electron chi connectivity index (χ1n) is 35.7. The van der Waals surface area contributed by atoms with Crippen molar-refractivity contribution in [3.63, 3.8) is 0 Å². The molecule has 22 N–H and O–H groups in total. The number of aliphatic hydroxyl groups is 20. The minimum absolute atomic E-state index is 0.0323. The number of carbonyl (C=O) groups is 10. The van der Waals surface area contributed by atoms with Crippen molar-refractivity contribution < 1.29 is 191 Å². The predicted octanol–water partition coefficient (Wildman–Crippen LogP) is -9.82. The summed E-state index contributed by atoms with van der Waals surface area (Å²) in [6.45, 7) is -5.34. The van der Waals surface area contributed by atoms with E-state index in [4.69, 9.17) is 103 Å². The van der Waals surface area contributed by atoms with Crippen LogP contribution in [-0.2, 0) is 18.9 Å². The zero-order valence-corrected chi connectivity index (χ0v) is 64.4. The third-order valence-electron chi connectivity index (χ3n) is 15.5. The van der Waals surface area contributed by atoms with Gasteiger partial charge in [0.25, 0.3) is 35.4 Å². The van der Waals surface area contributed by atoms with Gasteiger partial charge in [0.05, 0.1) is 119 Å². The Morgan fingerprint density at radius 3 is 0.778 bits per heavy atom. The van der Waals surface area contributed by atoms with Crippen LogP contribution in [0.4, 0.5) is 0 Å². The van der Waals surface area contributed by atoms with Crippen LogP contribution < -0.4 is 10.6 Å². The van der Waals surface area contributed by atoms with Gasteiger partial charge in [-0.3, -0.25) is 38.6 Å². The quantitative estimate of drug-likeness (QED) is 0.0127. The number of nitrogens with zero attached hydrogens (tertiary/aromatic N) is 6. The molecule has 0 aliphatic carbocycles. The third kappa shape index (κ3) is 37.6. The van der Waals surface area contributed by atoms with Crippen LogP contribution in [0.1, 0.15) is 106 Å². The summed E-state index contributed by atoms with van der Waals surface area (Å²) >= 11 is 0. The van der Waals surface area contributed by atoms with Crippen molar-refractivity contribution in [1.82, 2.24) is 40.0 Å². The smallest absolute Gasteiger partial charge is 0.374 e. The van der Waals surface area contributed by atoms with Crippen LogP contribution in [0.2, 0.25) is 0 Å². The second kappa shape index (κ2) is 59.0. The monoisotopic (exact) mass is 1680 g/mol. The van der Waals surface area contributed by atoms with Gasteiger partial charge in [-0.2, -0.15) is 0 Å². The first-order valence-corrected chi connectivity index (χ1v) is 35.7. The van der Waals surface area contributed by atoms with Gasteiger partial charge in [-0.25, -0.2) is 19.2 Å². The molecule has 0 saturated heterocycles. The van der Waals surface area contributed by atoms with E-state index in [1.54, 1.807) is 9.80 Å². The van der Waals surface area contributed by atoms with Gasteiger partial charge in [0.15, 0.2) is 34.6 Å². The molecule has 0 aliphatic heterocycles. The Kier molecular flexibility index (Phi) is 53.0. The molecule has 0 fully saturated rings. The summed E-state index contributed by atoms with van der Waals surface area (Å²) in [5.74, 6) is -8.67. The summed E-state index contributed by atoms with van der Waals surface area (Å²) < 4.78 is 44.9. The van der Waals surface area contributed by atoms with E-state index in [-0.39, 0.29) is 176 Å². The first-order chi connectivity index (χ1) is 56.0. The van der Waals surface area contributed by atoms with Crippen molar-refractivity contribution in [2.75, 3.05) is 238 Å². The normalized spacial score (nSPS) is 11.6. The van der Waals surface area contributed by atoms with Crippen LogP contribution in [0.25, 0.3) is 0 Å². The lowest BCUT2D eigenvalue weighted by atomic mass is 10.0. The van der Waals surface area contributed by atoms with Gasteiger partial charge in [0, 0.05) is 92.6 Å². The van der Waals surface area contributed by atoms with Crippen LogP contribution >= 0.6 is 0 Å². The molecule has 0 saturated carbocycles. The summed E-state index contributed by atoms with van der Waals surface area (Å²) in [7, 11) is 3.06. The van der Waals surface area contributed by atoms with E-state index >= 15 is 0 Å². The molecule has 47 nitrogen and oxygen atoms in total. The molecule has 0 aliphatic rings. The predicted molar refractivity (Wildman–Crippen MR) is 393 cm³/mol. The van der Waals surface area contributed by atoms with Crippen molar-refractivity contribution in [3.8, 4) is 0 Å². The molecule has 5 heterocycles. The highest BCUT2D eigenvalue weighted by atomic mass is 16.6. The van der Waals surface area contributed by atoms with E-state index in [1.165, 1.54) is 82.2 Å². The average Bonchev–Trinajstić information content (AvgIpc) is 1.72. The minimum atomic E-state index is -1.66. The summed E-state index contributed by atoms with van der Waals surface area (Å²) in [6, 6.07) is 12.7. The highest BCUT2D eigenvalue weighted by Crippen LogP contribution is 2.18. The van der Waals surface area contributed by atoms with Crippen molar-refractivity contribution >= 4 is 59.3 Å². The van der Waals surface area contributed by atoms with Crippen molar-refractivity contribution in [1.29, 1.82) is 0 Å². The van der Waals surface area contributed by atoms with Crippen molar-refractivity contribution in [2.24, 2.45) is 0 Å². The van der Waals surface area contributed by atoms with E-state index in [0.29, 0.717) is 39.3 Å². The number of esters is 4. The van der Waals surface area contributed by atoms with Gasteiger partial charge in [-0.1, -0.05) is 0 Å². The summed E-state index contributed by atoms with van der Waals surface area (Å²) in [6.07, 6.45) is -2.40. The maximum absolute atomic E-state index is 12.2. The molecule has 2 atom stereocenters. The van der Waals surface area contributed by atoms with Crippen LogP contribution in [-0.4, -0.2) is 452 Å². The van der Waals surface area contributed by atoms with E-state index < -0.39 is 149 Å². The number of likely N-dealkylation sites (N-methyl/N-ethyl adjacent to an activating group) is 2. The lowest BCUT2D eigenvalue weighted by Crippen LogP contribution is -2.57. The second-order valence-electron chi connectivity index (χ2n) is 24.3. The molecule has 0 bridgehead atoms. The van der Waals surface area contributed by atoms with Gasteiger partial charge in [0.1, 0.15) is 49.7 Å². The first kappa shape index (κ1) is 105. The maximum atomic E-state index is 12.2. The molecule has 6 amide bonds. The Hall–Kier alpha value is -9.78. The van der Waals surface area contributed by atoms with Gasteiger partial charge in [-0.05, 0) is 60.7 Å². The summed E-state index contributed by atoms with van der Waals surface area (Å²) in [5, 5.41) is 184. The van der Waals surface area contributed by atoms with Gasteiger partial charge < -0.3 is 173 Å². The fourth-order valence-corrected chi connectivity index (χ4v) is 8.78. The van der Waals surface area contributed by atoms with Crippen molar-refractivity contribution in [2.45, 2.75) is 23.3 Å². The number of hydrogen-bond acceptors (Lipinski definition) is 41. The topological polar surface area (TPSA) is 721 Å². The highest BCUT2D eigenvalue weighted by molar-refractivity contribution is 5.98. The molecule has 0 spiro atoms. The fourth-order valence-electron chi connectivity index (χ4n) is 8.78. The molecule has 5 aromatic heterocycles. The number of aliphatic hydroxyl groups excluding tert-OH is 20. The minimum Gasteiger partial charge on any atom is -0.458 e. The number of hydrogen-bond donors (Lipinski definition) is 22. The largest absolute Gasteiger partial charge is 0.458 e. The number of rotatable bonds is 50. The Bertz CT molecular complexity index is 3400. The average molecular weight is 1690 g/mol. The van der Waals surface area contributed by atoms with Crippen LogP contribution in [0.5, 0.6) is 0 Å². The molecular formula is C70H108N8O39. The number of amides is 6. The SMILES string of the molecule is CN(CCO)C(=O)c1ccc(C(=O)N(C)CCO)o1.O=C(NC(CO)(CO)CO)c1ccc(C(=O)NC(CO)(CO)CO)o1.O=C(OCC(O)CO)c1ccc(C(=O)OCC(O)CO)o1.O=C(OCCN(CCO)CCO)c1ccc(C(=O)OCCN(CCO)CCO)o1.O=C(c1ccc(C(=O)N(CCO)CCO)o1)N(CCO)CCO. The third-order valence-corrected chi connectivity index (χ3v) is 15.5. The molecule has 0 aromatic carbocycles. The fraction of sp³-hybridized carbons (Fsp3) is 0.571. The Morgan fingerprint density at radius 2 is 0.530 bits per heavy atom. The second-order valence-corrected chi connectivity index (χ2v) is 24.3. The standard InChI is InChI=1S/C18H30N2O9.C14H22N2O9.C14H22N2O7.C12H18N2O5.C12H16O9/c21-9-3-19(4-10-22)7-13-27-17(25)15-1-2-16(29-15)18(26)28-14-8-20(5-11-23)6-12-24;17-3-13(4-18,5-19)15-11(23)9-1-2-10(25-9)12(24)16-14(6-20,7-21)8-22;17-7-3-15(4-8-18)13(21)11-1-2-12(23-11)14(22)16(5-9-19)6-10-20;1-13(5-7-15)11(17)9-3-4-10(19-9)12(18)14(2)6-8-16;13-3-7(15)5-19-11(17)9-1-2-10(21-9)12(18)20-6-8(16)4-14/h1-2,21-24H,3-14H2;1-2,17-22H,3-8H2,(H,15,23)(H,16,24);1-2,17-20H,3-10H2;3-4,15-16H,5-8H2,1-2H3;1-2,7-8,13-16H,3-6H2. The Balaban J connectivity index is 0.000000736. The maximum Gasteiger partial charge on any atom is 0.374 e. The molecule has 0 radical (unpaired) electrons. The van der Waals surface area contributed by atoms with E-state index in [1.807, 2.05) is 0 Å². The van der Waals surface area contributed by atoms with Crippen LogP contribution in [0, 0.1) is 0 Å². The molecule has 5 aromatic rings. The van der Waals surface area contributed by atoms with E-state index in [2.05, 4.69) is 20.1 Å². The molecule has 5 rings (SSSR count). The summed E-state index contributed by atoms with van der Waals surface area (Å²) in [4.78, 5) is 127. The van der Waals surface area contributed by atoms with E-state index in [0.717, 1.165) is 12.1 Å². The van der Waals surface area contributed by atoms with E-state index in [9.17, 15) is 78.6 Å². The number of carbonyl (C=O) groups excluding carboxylic acids is 10. The van der Waals surface area contributed by atoms with Gasteiger partial charge >= 0.3 is 23.9 Å². The number of nitrogens with one attached hydrogen (secondary N) is 2.